The molecule has 0 fully saturated rings. The van der Waals surface area contributed by atoms with Crippen molar-refractivity contribution < 1.29 is 9.53 Å². The van der Waals surface area contributed by atoms with Gasteiger partial charge in [-0.25, -0.2) is 4.79 Å². The number of benzene rings is 1. The van der Waals surface area contributed by atoms with Crippen molar-refractivity contribution in [2.45, 2.75) is 0 Å². The lowest BCUT2D eigenvalue weighted by molar-refractivity contribution is 0.200. The summed E-state index contributed by atoms with van der Waals surface area (Å²) in [6.07, 6.45) is -0.437. The predicted molar refractivity (Wildman–Crippen MR) is 62.1 cm³/mol. The number of ether oxygens (including phenoxy) is 1. The number of carbonyl (C=O) groups is 1. The number of likely N-dealkylation sites (N-methyl/N-ethyl adjacent to an activating group) is 1. The Bertz CT molecular complexity index is 314. The average Bonchev–Trinajstić information content (AvgIpc) is 2.22. The fourth-order valence-electron chi connectivity index (χ4n) is 0.935. The van der Waals surface area contributed by atoms with Crippen LogP contribution in [-0.2, 0) is 0 Å². The Hall–Kier alpha value is -1.07. The molecular weight excluding hydrogens is 260 g/mol. The topological polar surface area (TPSA) is 50.4 Å². The van der Waals surface area contributed by atoms with Gasteiger partial charge in [-0.05, 0) is 31.3 Å². The van der Waals surface area contributed by atoms with E-state index in [9.17, 15) is 4.79 Å². The molecule has 82 valence electrons. The molecule has 0 aliphatic carbocycles. The van der Waals surface area contributed by atoms with Gasteiger partial charge < -0.3 is 15.4 Å². The molecule has 0 radical (unpaired) electrons. The summed E-state index contributed by atoms with van der Waals surface area (Å²) < 4.78 is 5.97. The van der Waals surface area contributed by atoms with Gasteiger partial charge >= 0.3 is 6.09 Å². The summed E-state index contributed by atoms with van der Waals surface area (Å²) >= 11 is 3.30. The van der Waals surface area contributed by atoms with Crippen molar-refractivity contribution in [3.63, 3.8) is 0 Å². The lowest BCUT2D eigenvalue weighted by Gasteiger charge is -2.05. The number of carbonyl (C=O) groups excluding carboxylic acids is 1. The van der Waals surface area contributed by atoms with Crippen molar-refractivity contribution in [1.82, 2.24) is 10.6 Å². The first kappa shape index (κ1) is 12.0. The first-order valence-electron chi connectivity index (χ1n) is 4.58. The molecule has 1 aromatic rings. The van der Waals surface area contributed by atoms with E-state index in [-0.39, 0.29) is 0 Å². The van der Waals surface area contributed by atoms with Crippen molar-refractivity contribution in [2.75, 3.05) is 20.1 Å². The van der Waals surface area contributed by atoms with E-state index in [1.54, 1.807) is 12.1 Å². The van der Waals surface area contributed by atoms with E-state index in [0.29, 0.717) is 12.3 Å². The minimum atomic E-state index is -0.437. The average molecular weight is 273 g/mol. The molecular formula is C10H13BrN2O2. The third-order valence-corrected chi connectivity index (χ3v) is 2.20. The molecule has 1 amide bonds. The van der Waals surface area contributed by atoms with Crippen LogP contribution in [0.4, 0.5) is 4.79 Å². The van der Waals surface area contributed by atoms with Gasteiger partial charge in [-0.1, -0.05) is 15.9 Å². The molecule has 0 unspecified atom stereocenters. The maximum atomic E-state index is 11.2. The smallest absolute Gasteiger partial charge is 0.410 e. The van der Waals surface area contributed by atoms with Gasteiger partial charge in [0.05, 0.1) is 0 Å². The van der Waals surface area contributed by atoms with Gasteiger partial charge in [0.2, 0.25) is 0 Å². The van der Waals surface area contributed by atoms with E-state index < -0.39 is 6.09 Å². The highest BCUT2D eigenvalue weighted by Crippen LogP contribution is 2.15. The van der Waals surface area contributed by atoms with Crippen LogP contribution in [-0.4, -0.2) is 26.2 Å². The molecule has 0 bridgehead atoms. The summed E-state index contributed by atoms with van der Waals surface area (Å²) in [6.45, 7) is 1.27. The quantitative estimate of drug-likeness (QED) is 0.822. The van der Waals surface area contributed by atoms with Gasteiger partial charge in [0.25, 0.3) is 0 Å². The Kier molecular flexibility index (Phi) is 5.14. The van der Waals surface area contributed by atoms with E-state index >= 15 is 0 Å². The van der Waals surface area contributed by atoms with Crippen molar-refractivity contribution in [1.29, 1.82) is 0 Å². The van der Waals surface area contributed by atoms with E-state index in [0.717, 1.165) is 11.0 Å². The van der Waals surface area contributed by atoms with E-state index in [4.69, 9.17) is 4.74 Å². The minimum Gasteiger partial charge on any atom is -0.410 e. The number of halogens is 1. The Morgan fingerprint density at radius 1 is 1.33 bits per heavy atom. The van der Waals surface area contributed by atoms with Gasteiger partial charge in [-0.2, -0.15) is 0 Å². The maximum absolute atomic E-state index is 11.2. The summed E-state index contributed by atoms with van der Waals surface area (Å²) in [5, 5.41) is 5.53. The number of hydrogen-bond acceptors (Lipinski definition) is 3. The lowest BCUT2D eigenvalue weighted by atomic mass is 10.3. The normalized spacial score (nSPS) is 9.73. The van der Waals surface area contributed by atoms with Crippen LogP contribution in [0.2, 0.25) is 0 Å². The molecule has 1 aromatic carbocycles. The van der Waals surface area contributed by atoms with Gasteiger partial charge in [-0.15, -0.1) is 0 Å². The summed E-state index contributed by atoms with van der Waals surface area (Å²) in [5.41, 5.74) is 0. The van der Waals surface area contributed by atoms with E-state index in [1.165, 1.54) is 0 Å². The number of nitrogens with one attached hydrogen (secondary N) is 2. The maximum Gasteiger partial charge on any atom is 0.412 e. The highest BCUT2D eigenvalue weighted by Gasteiger charge is 2.02. The molecule has 0 atom stereocenters. The second-order valence-electron chi connectivity index (χ2n) is 2.87. The molecule has 15 heavy (non-hydrogen) atoms. The fraction of sp³-hybridized carbons (Fsp3) is 0.300. The lowest BCUT2D eigenvalue weighted by Crippen LogP contribution is -2.32. The first-order valence-corrected chi connectivity index (χ1v) is 5.37. The molecule has 5 heteroatoms. The summed E-state index contributed by atoms with van der Waals surface area (Å²) in [4.78, 5) is 11.2. The van der Waals surface area contributed by atoms with Crippen LogP contribution < -0.4 is 15.4 Å². The fourth-order valence-corrected chi connectivity index (χ4v) is 1.20. The third kappa shape index (κ3) is 4.80. The second kappa shape index (κ2) is 6.42. The van der Waals surface area contributed by atoms with E-state index in [2.05, 4.69) is 26.6 Å². The third-order valence-electron chi connectivity index (χ3n) is 1.67. The highest BCUT2D eigenvalue weighted by atomic mass is 79.9. The van der Waals surface area contributed by atoms with Gasteiger partial charge in [0, 0.05) is 17.6 Å². The monoisotopic (exact) mass is 272 g/mol. The Morgan fingerprint density at radius 3 is 2.60 bits per heavy atom. The van der Waals surface area contributed by atoms with Crippen LogP contribution in [0.15, 0.2) is 28.7 Å². The highest BCUT2D eigenvalue weighted by molar-refractivity contribution is 9.10. The molecule has 0 spiro atoms. The van der Waals surface area contributed by atoms with Crippen molar-refractivity contribution >= 4 is 22.0 Å². The molecule has 4 nitrogen and oxygen atoms in total. The molecule has 0 aliphatic rings. The molecule has 0 aliphatic heterocycles. The van der Waals surface area contributed by atoms with Gasteiger partial charge in [0.15, 0.2) is 0 Å². The Labute approximate surface area is 97.1 Å². The van der Waals surface area contributed by atoms with Crippen LogP contribution in [0.3, 0.4) is 0 Å². The summed E-state index contributed by atoms with van der Waals surface area (Å²) in [7, 11) is 1.82. The second-order valence-corrected chi connectivity index (χ2v) is 3.79. The van der Waals surface area contributed by atoms with E-state index in [1.807, 2.05) is 19.2 Å². The van der Waals surface area contributed by atoms with Crippen LogP contribution in [0, 0.1) is 0 Å². The Balaban J connectivity index is 2.34. The van der Waals surface area contributed by atoms with Gasteiger partial charge in [0.1, 0.15) is 5.75 Å². The molecule has 0 heterocycles. The van der Waals surface area contributed by atoms with Crippen molar-refractivity contribution in [2.24, 2.45) is 0 Å². The van der Waals surface area contributed by atoms with Crippen LogP contribution in [0.25, 0.3) is 0 Å². The summed E-state index contributed by atoms with van der Waals surface area (Å²) in [5.74, 6) is 0.528. The standard InChI is InChI=1S/C10H13BrN2O2/c1-12-6-7-13-10(14)15-9-4-2-8(11)3-5-9/h2-5,12H,6-7H2,1H3,(H,13,14). The number of hydrogen-bond donors (Lipinski definition) is 2. The molecule has 1 rings (SSSR count). The zero-order valence-electron chi connectivity index (χ0n) is 8.42. The van der Waals surface area contributed by atoms with Gasteiger partial charge in [-0.3, -0.25) is 0 Å². The first-order chi connectivity index (χ1) is 7.22. The van der Waals surface area contributed by atoms with Crippen LogP contribution in [0.1, 0.15) is 0 Å². The largest absolute Gasteiger partial charge is 0.412 e. The SMILES string of the molecule is CNCCNC(=O)Oc1ccc(Br)cc1. The molecule has 0 saturated heterocycles. The van der Waals surface area contributed by atoms with Crippen molar-refractivity contribution in [3.8, 4) is 5.75 Å². The number of amides is 1. The molecule has 2 N–H and O–H groups in total. The van der Waals surface area contributed by atoms with Crippen LogP contribution >= 0.6 is 15.9 Å². The Morgan fingerprint density at radius 2 is 2.00 bits per heavy atom. The molecule has 0 saturated carbocycles. The summed E-state index contributed by atoms with van der Waals surface area (Å²) in [6, 6.07) is 7.08. The number of rotatable bonds is 4. The predicted octanol–water partition coefficient (Wildman–Crippen LogP) is 1.76. The minimum absolute atomic E-state index is 0.437. The zero-order valence-corrected chi connectivity index (χ0v) is 10.0. The van der Waals surface area contributed by atoms with Crippen molar-refractivity contribution in [3.05, 3.63) is 28.7 Å². The van der Waals surface area contributed by atoms with Crippen LogP contribution in [0.5, 0.6) is 5.75 Å². The molecule has 0 aromatic heterocycles. The zero-order chi connectivity index (χ0) is 11.1.